The first-order valence-electron chi connectivity index (χ1n) is 6.86. The molecule has 0 aliphatic carbocycles. The number of hydrazine groups is 1. The van der Waals surface area contributed by atoms with Crippen LogP contribution in [-0.2, 0) is 7.05 Å². The van der Waals surface area contributed by atoms with Crippen molar-refractivity contribution in [1.29, 1.82) is 0 Å². The summed E-state index contributed by atoms with van der Waals surface area (Å²) in [7, 11) is 1.76. The van der Waals surface area contributed by atoms with E-state index in [4.69, 9.17) is 0 Å². The monoisotopic (exact) mass is 296 g/mol. The normalized spacial score (nSPS) is 10.6. The van der Waals surface area contributed by atoms with Crippen molar-refractivity contribution in [3.63, 3.8) is 0 Å². The Hall–Kier alpha value is -3.02. The largest absolute Gasteiger partial charge is 0.350 e. The van der Waals surface area contributed by atoms with Crippen molar-refractivity contribution in [3.05, 3.63) is 59.5 Å². The number of aromatic amines is 1. The molecule has 0 spiro atoms. The maximum atomic E-state index is 12.1. The van der Waals surface area contributed by atoms with Crippen molar-refractivity contribution in [3.8, 4) is 0 Å². The molecule has 0 saturated heterocycles. The Morgan fingerprint density at radius 2 is 1.86 bits per heavy atom. The predicted molar refractivity (Wildman–Crippen MR) is 83.4 cm³/mol. The lowest BCUT2D eigenvalue weighted by atomic mass is 10.2. The van der Waals surface area contributed by atoms with Gasteiger partial charge in [-0.25, -0.2) is 0 Å². The molecule has 3 N–H and O–H groups in total. The van der Waals surface area contributed by atoms with Gasteiger partial charge >= 0.3 is 0 Å². The van der Waals surface area contributed by atoms with Crippen LogP contribution in [0.1, 0.15) is 26.5 Å². The van der Waals surface area contributed by atoms with Gasteiger partial charge in [0, 0.05) is 24.1 Å². The molecule has 2 aromatic heterocycles. The first-order chi connectivity index (χ1) is 10.5. The molecule has 0 unspecified atom stereocenters. The van der Waals surface area contributed by atoms with Crippen LogP contribution in [0.5, 0.6) is 0 Å². The van der Waals surface area contributed by atoms with E-state index in [0.717, 1.165) is 16.5 Å². The zero-order chi connectivity index (χ0) is 15.7. The second-order valence-electron chi connectivity index (χ2n) is 5.19. The zero-order valence-electron chi connectivity index (χ0n) is 12.3. The van der Waals surface area contributed by atoms with Crippen molar-refractivity contribution in [1.82, 2.24) is 20.4 Å². The summed E-state index contributed by atoms with van der Waals surface area (Å²) in [4.78, 5) is 27.0. The van der Waals surface area contributed by atoms with Gasteiger partial charge in [-0.1, -0.05) is 11.6 Å². The van der Waals surface area contributed by atoms with Crippen molar-refractivity contribution in [2.45, 2.75) is 6.92 Å². The van der Waals surface area contributed by atoms with E-state index in [1.807, 2.05) is 25.1 Å². The van der Waals surface area contributed by atoms with Crippen LogP contribution < -0.4 is 10.9 Å². The Balaban J connectivity index is 1.71. The van der Waals surface area contributed by atoms with Crippen molar-refractivity contribution in [2.75, 3.05) is 0 Å². The lowest BCUT2D eigenvalue weighted by Crippen LogP contribution is -2.42. The molecule has 3 rings (SSSR count). The highest BCUT2D eigenvalue weighted by Gasteiger charge is 2.12. The second-order valence-corrected chi connectivity index (χ2v) is 5.19. The fraction of sp³-hybridized carbons (Fsp3) is 0.125. The van der Waals surface area contributed by atoms with Crippen LogP contribution in [0.15, 0.2) is 42.6 Å². The van der Waals surface area contributed by atoms with Crippen LogP contribution in [0, 0.1) is 6.92 Å². The standard InChI is InChI=1S/C16H16N4O2/c1-10-5-6-12-11(8-10)9-13(17-12)15(21)18-19-16(22)14-4-3-7-20(14)2/h3-9,17H,1-2H3,(H,18,21)(H,19,22). The van der Waals surface area contributed by atoms with Gasteiger partial charge in [0.25, 0.3) is 11.8 Å². The topological polar surface area (TPSA) is 78.9 Å². The van der Waals surface area contributed by atoms with E-state index >= 15 is 0 Å². The summed E-state index contributed by atoms with van der Waals surface area (Å²) < 4.78 is 1.67. The van der Waals surface area contributed by atoms with E-state index in [1.165, 1.54) is 0 Å². The number of hydrogen-bond acceptors (Lipinski definition) is 2. The van der Waals surface area contributed by atoms with E-state index < -0.39 is 5.91 Å². The van der Waals surface area contributed by atoms with Crippen LogP contribution in [0.25, 0.3) is 10.9 Å². The van der Waals surface area contributed by atoms with Crippen molar-refractivity contribution >= 4 is 22.7 Å². The molecule has 0 atom stereocenters. The van der Waals surface area contributed by atoms with Crippen LogP contribution in [-0.4, -0.2) is 21.4 Å². The van der Waals surface area contributed by atoms with E-state index in [-0.39, 0.29) is 5.91 Å². The molecule has 6 nitrogen and oxygen atoms in total. The highest BCUT2D eigenvalue weighted by Crippen LogP contribution is 2.16. The Labute approximate surface area is 127 Å². The number of carbonyl (C=O) groups excluding carboxylic acids is 2. The summed E-state index contributed by atoms with van der Waals surface area (Å²) in [6, 6.07) is 11.1. The second kappa shape index (κ2) is 5.40. The first-order valence-corrected chi connectivity index (χ1v) is 6.86. The Bertz CT molecular complexity index is 860. The minimum Gasteiger partial charge on any atom is -0.350 e. The molecule has 0 fully saturated rings. The van der Waals surface area contributed by atoms with E-state index in [2.05, 4.69) is 15.8 Å². The fourth-order valence-electron chi connectivity index (χ4n) is 2.32. The minimum absolute atomic E-state index is 0.368. The summed E-state index contributed by atoms with van der Waals surface area (Å²) in [6.07, 6.45) is 1.76. The van der Waals surface area contributed by atoms with Gasteiger partial charge in [0.1, 0.15) is 11.4 Å². The van der Waals surface area contributed by atoms with Crippen molar-refractivity contribution in [2.24, 2.45) is 7.05 Å². The Morgan fingerprint density at radius 1 is 1.09 bits per heavy atom. The number of benzene rings is 1. The highest BCUT2D eigenvalue weighted by molar-refractivity contribution is 6.00. The lowest BCUT2D eigenvalue weighted by Gasteiger charge is -2.06. The predicted octanol–water partition coefficient (Wildman–Crippen LogP) is 1.89. The van der Waals surface area contributed by atoms with Crippen LogP contribution in [0.2, 0.25) is 0 Å². The summed E-state index contributed by atoms with van der Waals surface area (Å²) >= 11 is 0. The number of rotatable bonds is 2. The molecule has 2 heterocycles. The molecule has 0 saturated carbocycles. The molecule has 2 amide bonds. The van der Waals surface area contributed by atoms with Gasteiger partial charge < -0.3 is 9.55 Å². The number of aromatic nitrogens is 2. The molecule has 3 aromatic rings. The number of amides is 2. The summed E-state index contributed by atoms with van der Waals surface area (Å²) in [5, 5.41) is 0.957. The van der Waals surface area contributed by atoms with Gasteiger partial charge in [0.05, 0.1) is 0 Å². The van der Waals surface area contributed by atoms with Gasteiger partial charge in [-0.05, 0) is 37.3 Å². The Morgan fingerprint density at radius 3 is 2.59 bits per heavy atom. The van der Waals surface area contributed by atoms with Crippen LogP contribution in [0.4, 0.5) is 0 Å². The quantitative estimate of drug-likeness (QED) is 0.631. The third kappa shape index (κ3) is 2.58. The number of nitrogens with zero attached hydrogens (tertiary/aromatic N) is 1. The van der Waals surface area contributed by atoms with Gasteiger partial charge in [0.15, 0.2) is 0 Å². The minimum atomic E-state index is -0.392. The molecule has 22 heavy (non-hydrogen) atoms. The third-order valence-electron chi connectivity index (χ3n) is 3.49. The molecular formula is C16H16N4O2. The summed E-state index contributed by atoms with van der Waals surface area (Å²) in [6.45, 7) is 1.99. The first kappa shape index (κ1) is 13.9. The Kier molecular flexibility index (Phi) is 3.42. The SMILES string of the molecule is Cc1ccc2[nH]c(C(=O)NNC(=O)c3cccn3C)cc2c1. The number of H-pyrrole nitrogens is 1. The molecule has 0 aliphatic heterocycles. The number of nitrogens with one attached hydrogen (secondary N) is 3. The van der Waals surface area contributed by atoms with Gasteiger partial charge in [-0.2, -0.15) is 0 Å². The number of carbonyl (C=O) groups is 2. The zero-order valence-corrected chi connectivity index (χ0v) is 12.3. The molecule has 1 aromatic carbocycles. The van der Waals surface area contributed by atoms with Crippen LogP contribution in [0.3, 0.4) is 0 Å². The smallest absolute Gasteiger partial charge is 0.286 e. The average Bonchev–Trinajstić information content (AvgIpc) is 3.09. The number of fused-ring (bicyclic) bond motifs is 1. The highest BCUT2D eigenvalue weighted by atomic mass is 16.2. The van der Waals surface area contributed by atoms with Crippen molar-refractivity contribution < 1.29 is 9.59 Å². The number of hydrogen-bond donors (Lipinski definition) is 3. The number of aryl methyl sites for hydroxylation is 2. The molecular weight excluding hydrogens is 280 g/mol. The lowest BCUT2D eigenvalue weighted by molar-refractivity contribution is 0.0840. The maximum Gasteiger partial charge on any atom is 0.286 e. The van der Waals surface area contributed by atoms with Gasteiger partial charge in [0.2, 0.25) is 0 Å². The molecule has 0 bridgehead atoms. The molecule has 112 valence electrons. The maximum absolute atomic E-state index is 12.1. The molecule has 6 heteroatoms. The van der Waals surface area contributed by atoms with Gasteiger partial charge in [-0.15, -0.1) is 0 Å². The summed E-state index contributed by atoms with van der Waals surface area (Å²) in [5.41, 5.74) is 7.67. The third-order valence-corrected chi connectivity index (χ3v) is 3.49. The fourth-order valence-corrected chi connectivity index (χ4v) is 2.32. The summed E-state index contributed by atoms with van der Waals surface area (Å²) in [5.74, 6) is -0.760. The van der Waals surface area contributed by atoms with Gasteiger partial charge in [-0.3, -0.25) is 20.4 Å². The van der Waals surface area contributed by atoms with Crippen LogP contribution >= 0.6 is 0 Å². The van der Waals surface area contributed by atoms with E-state index in [1.54, 1.807) is 36.0 Å². The van der Waals surface area contributed by atoms with E-state index in [0.29, 0.717) is 11.4 Å². The molecule has 0 radical (unpaired) electrons. The molecule has 0 aliphatic rings. The average molecular weight is 296 g/mol. The van der Waals surface area contributed by atoms with E-state index in [9.17, 15) is 9.59 Å².